The van der Waals surface area contributed by atoms with Crippen LogP contribution in [0, 0.1) is 0 Å². The van der Waals surface area contributed by atoms with Gasteiger partial charge in [-0.3, -0.25) is 10.1 Å². The number of ether oxygens (including phenoxy) is 1. The van der Waals surface area contributed by atoms with Gasteiger partial charge >= 0.3 is 6.09 Å². The Balaban J connectivity index is 2.05. The van der Waals surface area contributed by atoms with Gasteiger partial charge in [0.15, 0.2) is 0 Å². The van der Waals surface area contributed by atoms with Gasteiger partial charge < -0.3 is 4.74 Å². The summed E-state index contributed by atoms with van der Waals surface area (Å²) >= 11 is 0. The Kier molecular flexibility index (Phi) is 2.18. The van der Waals surface area contributed by atoms with Crippen LogP contribution in [0.2, 0.25) is 0 Å². The van der Waals surface area contributed by atoms with E-state index in [-0.39, 0.29) is 5.78 Å². The highest BCUT2D eigenvalue weighted by molar-refractivity contribution is 5.89. The maximum atomic E-state index is 11.6. The molecule has 4 nitrogen and oxygen atoms in total. The predicted octanol–water partition coefficient (Wildman–Crippen LogP) is 2.59. The van der Waals surface area contributed by atoms with Crippen LogP contribution in [0.1, 0.15) is 31.2 Å². The molecule has 1 heterocycles. The number of fused-ring (bicyclic) bond motifs is 2. The van der Waals surface area contributed by atoms with Gasteiger partial charge in [-0.2, -0.15) is 0 Å². The van der Waals surface area contributed by atoms with Crippen molar-refractivity contribution in [3.05, 3.63) is 29.8 Å². The number of anilines is 1. The molecule has 1 fully saturated rings. The molecule has 1 aliphatic heterocycles. The number of hydrogen-bond acceptors (Lipinski definition) is 3. The number of para-hydroxylation sites is 1. The number of ketones is 1. The van der Waals surface area contributed by atoms with E-state index in [1.165, 1.54) is 0 Å². The summed E-state index contributed by atoms with van der Waals surface area (Å²) in [7, 11) is 0. The second-order valence-corrected chi connectivity index (χ2v) is 4.59. The number of rotatable bonds is 0. The molecule has 0 radical (unpaired) electrons. The summed E-state index contributed by atoms with van der Waals surface area (Å²) in [4.78, 5) is 22.9. The van der Waals surface area contributed by atoms with Crippen LogP contribution < -0.4 is 5.32 Å². The van der Waals surface area contributed by atoms with Gasteiger partial charge in [0.2, 0.25) is 0 Å². The number of amides is 1. The van der Waals surface area contributed by atoms with Crippen LogP contribution >= 0.6 is 0 Å². The molecule has 1 aromatic rings. The van der Waals surface area contributed by atoms with Gasteiger partial charge in [-0.15, -0.1) is 0 Å². The number of hydrogen-bond donors (Lipinski definition) is 1. The molecule has 1 aliphatic carbocycles. The number of carbonyl (C=O) groups is 2. The van der Waals surface area contributed by atoms with Crippen molar-refractivity contribution in [1.29, 1.82) is 0 Å². The van der Waals surface area contributed by atoms with Crippen LogP contribution in [0.25, 0.3) is 0 Å². The second kappa shape index (κ2) is 3.58. The molecule has 88 valence electrons. The van der Waals surface area contributed by atoms with Gasteiger partial charge in [-0.05, 0) is 18.9 Å². The van der Waals surface area contributed by atoms with Crippen molar-refractivity contribution in [1.82, 2.24) is 0 Å². The quantitative estimate of drug-likeness (QED) is 0.746. The Hall–Kier alpha value is -1.84. The lowest BCUT2D eigenvalue weighted by atomic mass is 9.77. The summed E-state index contributed by atoms with van der Waals surface area (Å²) in [6.07, 6.45) is 1.74. The number of carbonyl (C=O) groups excluding carboxylic acids is 2. The van der Waals surface area contributed by atoms with Crippen LogP contribution in [0.3, 0.4) is 0 Å². The summed E-state index contributed by atoms with van der Waals surface area (Å²) in [5.74, 6) is 0.252. The van der Waals surface area contributed by atoms with E-state index in [0.717, 1.165) is 11.3 Å². The van der Waals surface area contributed by atoms with E-state index >= 15 is 0 Å². The minimum Gasteiger partial charge on any atom is -0.438 e. The fourth-order valence-corrected chi connectivity index (χ4v) is 2.66. The largest absolute Gasteiger partial charge is 0.438 e. The van der Waals surface area contributed by atoms with Gasteiger partial charge in [0.05, 0.1) is 5.69 Å². The molecule has 0 saturated heterocycles. The van der Waals surface area contributed by atoms with Gasteiger partial charge in [-0.25, -0.2) is 4.79 Å². The lowest BCUT2D eigenvalue weighted by Crippen LogP contribution is -2.42. The third kappa shape index (κ3) is 1.60. The maximum Gasteiger partial charge on any atom is 0.412 e. The summed E-state index contributed by atoms with van der Waals surface area (Å²) in [6.45, 7) is 0. The Labute approximate surface area is 99.0 Å². The summed E-state index contributed by atoms with van der Waals surface area (Å²) in [6, 6.07) is 7.64. The first kappa shape index (κ1) is 10.3. The molecule has 1 amide bonds. The van der Waals surface area contributed by atoms with Crippen molar-refractivity contribution in [2.45, 2.75) is 31.3 Å². The molecule has 1 aromatic carbocycles. The van der Waals surface area contributed by atoms with E-state index in [4.69, 9.17) is 4.74 Å². The Morgan fingerprint density at radius 3 is 2.59 bits per heavy atom. The minimum absolute atomic E-state index is 0.252. The predicted molar refractivity (Wildman–Crippen MR) is 61.7 cm³/mol. The fraction of sp³-hybridized carbons (Fsp3) is 0.385. The van der Waals surface area contributed by atoms with Gasteiger partial charge in [-0.1, -0.05) is 18.2 Å². The van der Waals surface area contributed by atoms with Crippen LogP contribution in [0.4, 0.5) is 10.5 Å². The van der Waals surface area contributed by atoms with Crippen molar-refractivity contribution < 1.29 is 14.3 Å². The summed E-state index contributed by atoms with van der Waals surface area (Å²) in [5, 5.41) is 2.70. The topological polar surface area (TPSA) is 55.4 Å². The standard InChI is InChI=1S/C13H13NO3/c15-9-5-7-13(8-6-9)10-3-1-2-4-11(10)14-12(16)17-13/h1-4H,5-8H2,(H,14,16). The molecular formula is C13H13NO3. The zero-order chi connectivity index (χ0) is 11.9. The molecule has 0 bridgehead atoms. The molecule has 0 unspecified atom stereocenters. The van der Waals surface area contributed by atoms with Crippen molar-refractivity contribution >= 4 is 17.6 Å². The second-order valence-electron chi connectivity index (χ2n) is 4.59. The highest BCUT2D eigenvalue weighted by atomic mass is 16.6. The highest BCUT2D eigenvalue weighted by Crippen LogP contribution is 2.45. The van der Waals surface area contributed by atoms with Crippen LogP contribution in [0.15, 0.2) is 24.3 Å². The Morgan fingerprint density at radius 1 is 1.12 bits per heavy atom. The van der Waals surface area contributed by atoms with Crippen LogP contribution in [-0.2, 0) is 15.1 Å². The molecule has 0 aromatic heterocycles. The van der Waals surface area contributed by atoms with E-state index in [1.807, 2.05) is 24.3 Å². The lowest BCUT2D eigenvalue weighted by molar-refractivity contribution is -0.126. The molecule has 4 heteroatoms. The molecule has 17 heavy (non-hydrogen) atoms. The number of benzene rings is 1. The first-order chi connectivity index (χ1) is 8.20. The van der Waals surface area contributed by atoms with E-state index < -0.39 is 11.7 Å². The van der Waals surface area contributed by atoms with Gasteiger partial charge in [0, 0.05) is 18.4 Å². The Morgan fingerprint density at radius 2 is 1.82 bits per heavy atom. The smallest absolute Gasteiger partial charge is 0.412 e. The molecule has 1 N–H and O–H groups in total. The number of nitrogens with one attached hydrogen (secondary N) is 1. The van der Waals surface area contributed by atoms with E-state index in [9.17, 15) is 9.59 Å². The third-order valence-electron chi connectivity index (χ3n) is 3.56. The first-order valence-corrected chi connectivity index (χ1v) is 5.81. The fourth-order valence-electron chi connectivity index (χ4n) is 2.66. The SMILES string of the molecule is O=C1CCC2(CC1)OC(=O)Nc1ccccc12. The zero-order valence-corrected chi connectivity index (χ0v) is 9.36. The third-order valence-corrected chi connectivity index (χ3v) is 3.56. The first-order valence-electron chi connectivity index (χ1n) is 5.81. The average Bonchev–Trinajstić information content (AvgIpc) is 2.33. The average molecular weight is 231 g/mol. The number of Topliss-reactive ketones (excluding diaryl/α,β-unsaturated/α-hetero) is 1. The molecule has 0 atom stereocenters. The van der Waals surface area contributed by atoms with Gasteiger partial charge in [0.25, 0.3) is 0 Å². The molecule has 3 rings (SSSR count). The molecule has 1 saturated carbocycles. The van der Waals surface area contributed by atoms with E-state index in [2.05, 4.69) is 5.32 Å². The summed E-state index contributed by atoms with van der Waals surface area (Å²) < 4.78 is 5.49. The monoisotopic (exact) mass is 231 g/mol. The summed E-state index contributed by atoms with van der Waals surface area (Å²) in [5.41, 5.74) is 1.21. The lowest BCUT2D eigenvalue weighted by Gasteiger charge is -2.40. The highest BCUT2D eigenvalue weighted by Gasteiger charge is 2.44. The molecular weight excluding hydrogens is 218 g/mol. The Bertz CT molecular complexity index is 485. The maximum absolute atomic E-state index is 11.6. The van der Waals surface area contributed by atoms with Crippen molar-refractivity contribution in [2.24, 2.45) is 0 Å². The molecule has 1 spiro atoms. The van der Waals surface area contributed by atoms with E-state index in [0.29, 0.717) is 25.7 Å². The molecule has 2 aliphatic rings. The van der Waals surface area contributed by atoms with Crippen molar-refractivity contribution in [3.8, 4) is 0 Å². The van der Waals surface area contributed by atoms with Crippen LogP contribution in [-0.4, -0.2) is 11.9 Å². The van der Waals surface area contributed by atoms with Crippen molar-refractivity contribution in [2.75, 3.05) is 5.32 Å². The minimum atomic E-state index is -0.590. The van der Waals surface area contributed by atoms with Crippen LogP contribution in [0.5, 0.6) is 0 Å². The van der Waals surface area contributed by atoms with E-state index in [1.54, 1.807) is 0 Å². The zero-order valence-electron chi connectivity index (χ0n) is 9.36. The van der Waals surface area contributed by atoms with Gasteiger partial charge in [0.1, 0.15) is 11.4 Å². The normalized spacial score (nSPS) is 21.6. The van der Waals surface area contributed by atoms with Crippen molar-refractivity contribution in [3.63, 3.8) is 0 Å².